The standard InChI is InChI=1S/C17H11FN4O2/c1-20-15-16(24)13(10-5-6-12(23)21-8-10)14(22-17(15)19)9-3-2-4-11(18)7-9/h2-8H,(H,21,23)(H3,19,22,24). The maximum absolute atomic E-state index is 13.6. The van der Waals surface area contributed by atoms with E-state index >= 15 is 0 Å². The number of nitrogens with zero attached hydrogens (tertiary/aromatic N) is 1. The number of rotatable bonds is 2. The second-order valence-electron chi connectivity index (χ2n) is 5.03. The number of halogens is 1. The molecule has 1 aromatic carbocycles. The SMILES string of the molecule is [C-]#[N+]c1c(N)[nH]c(-c2cccc(F)c2)c(-c2ccc(=O)[nH]c2)c1=O. The summed E-state index contributed by atoms with van der Waals surface area (Å²) in [5, 5.41) is 0. The van der Waals surface area contributed by atoms with Gasteiger partial charge in [0.1, 0.15) is 11.6 Å². The Hall–Kier alpha value is -3.66. The molecule has 4 N–H and O–H groups in total. The van der Waals surface area contributed by atoms with Crippen molar-refractivity contribution in [2.24, 2.45) is 0 Å². The van der Waals surface area contributed by atoms with Gasteiger partial charge in [-0.25, -0.2) is 9.24 Å². The van der Waals surface area contributed by atoms with E-state index < -0.39 is 11.2 Å². The third-order valence-electron chi connectivity index (χ3n) is 3.50. The van der Waals surface area contributed by atoms with Gasteiger partial charge in [-0.1, -0.05) is 12.1 Å². The van der Waals surface area contributed by atoms with Gasteiger partial charge in [-0.3, -0.25) is 4.79 Å². The van der Waals surface area contributed by atoms with E-state index in [4.69, 9.17) is 12.3 Å². The quantitative estimate of drug-likeness (QED) is 0.633. The van der Waals surface area contributed by atoms with Crippen LogP contribution in [0.25, 0.3) is 27.2 Å². The predicted octanol–water partition coefficient (Wildman–Crippen LogP) is 2.67. The Morgan fingerprint density at radius 2 is 1.92 bits per heavy atom. The Labute approximate surface area is 135 Å². The highest BCUT2D eigenvalue weighted by molar-refractivity contribution is 5.85. The number of nitrogen functional groups attached to an aromatic ring is 1. The second-order valence-corrected chi connectivity index (χ2v) is 5.03. The van der Waals surface area contributed by atoms with Crippen LogP contribution >= 0.6 is 0 Å². The van der Waals surface area contributed by atoms with E-state index in [2.05, 4.69) is 14.8 Å². The second kappa shape index (κ2) is 5.85. The van der Waals surface area contributed by atoms with Crippen molar-refractivity contribution in [3.63, 3.8) is 0 Å². The van der Waals surface area contributed by atoms with Crippen molar-refractivity contribution in [1.82, 2.24) is 9.97 Å². The average molecular weight is 322 g/mol. The number of nitrogens with one attached hydrogen (secondary N) is 2. The molecule has 2 aromatic heterocycles. The summed E-state index contributed by atoms with van der Waals surface area (Å²) in [5.74, 6) is -0.573. The largest absolute Gasteiger partial charge is 0.394 e. The Kier molecular flexibility index (Phi) is 3.72. The average Bonchev–Trinajstić information content (AvgIpc) is 2.56. The van der Waals surface area contributed by atoms with Crippen LogP contribution in [-0.4, -0.2) is 9.97 Å². The maximum atomic E-state index is 13.6. The van der Waals surface area contributed by atoms with Crippen LogP contribution in [-0.2, 0) is 0 Å². The molecule has 0 fully saturated rings. The van der Waals surface area contributed by atoms with Gasteiger partial charge in [-0.05, 0) is 18.2 Å². The third-order valence-corrected chi connectivity index (χ3v) is 3.50. The molecule has 24 heavy (non-hydrogen) atoms. The van der Waals surface area contributed by atoms with Crippen molar-refractivity contribution in [3.05, 3.63) is 80.4 Å². The molecule has 0 amide bonds. The van der Waals surface area contributed by atoms with Crippen molar-refractivity contribution in [1.29, 1.82) is 0 Å². The van der Waals surface area contributed by atoms with E-state index in [1.165, 1.54) is 36.5 Å². The molecule has 6 nitrogen and oxygen atoms in total. The summed E-state index contributed by atoms with van der Waals surface area (Å²) in [5.41, 5.74) is 5.78. The highest BCUT2D eigenvalue weighted by Gasteiger charge is 2.18. The van der Waals surface area contributed by atoms with Gasteiger partial charge in [0.05, 0.1) is 12.3 Å². The first-order valence-electron chi connectivity index (χ1n) is 6.89. The van der Waals surface area contributed by atoms with Crippen LogP contribution in [0.1, 0.15) is 0 Å². The zero-order valence-corrected chi connectivity index (χ0v) is 12.3. The van der Waals surface area contributed by atoms with Crippen LogP contribution in [0.15, 0.2) is 52.2 Å². The third kappa shape index (κ3) is 2.57. The molecule has 7 heteroatoms. The van der Waals surface area contributed by atoms with Gasteiger partial charge in [0.25, 0.3) is 5.69 Å². The highest BCUT2D eigenvalue weighted by Crippen LogP contribution is 2.31. The number of anilines is 1. The minimum absolute atomic E-state index is 0.0950. The number of aromatic amines is 2. The van der Waals surface area contributed by atoms with Crippen LogP contribution in [0.5, 0.6) is 0 Å². The fraction of sp³-hybridized carbons (Fsp3) is 0. The van der Waals surface area contributed by atoms with Crippen molar-refractivity contribution in [2.75, 3.05) is 5.73 Å². The van der Waals surface area contributed by atoms with E-state index in [0.717, 1.165) is 0 Å². The minimum atomic E-state index is -0.590. The molecule has 0 aliphatic rings. The van der Waals surface area contributed by atoms with Gasteiger partial charge in [0.2, 0.25) is 5.56 Å². The smallest absolute Gasteiger partial charge is 0.272 e. The highest BCUT2D eigenvalue weighted by atomic mass is 19.1. The monoisotopic (exact) mass is 322 g/mol. The van der Waals surface area contributed by atoms with E-state index in [1.807, 2.05) is 0 Å². The molecule has 118 valence electrons. The van der Waals surface area contributed by atoms with Crippen LogP contribution in [0.4, 0.5) is 15.9 Å². The summed E-state index contributed by atoms with van der Waals surface area (Å²) in [6.45, 7) is 7.14. The lowest BCUT2D eigenvalue weighted by Crippen LogP contribution is -2.12. The lowest BCUT2D eigenvalue weighted by Gasteiger charge is -2.12. The maximum Gasteiger partial charge on any atom is 0.272 e. The summed E-state index contributed by atoms with van der Waals surface area (Å²) in [6, 6.07) is 8.35. The van der Waals surface area contributed by atoms with Gasteiger partial charge >= 0.3 is 0 Å². The van der Waals surface area contributed by atoms with E-state index in [-0.39, 0.29) is 28.3 Å². The number of hydrogen-bond donors (Lipinski definition) is 3. The van der Waals surface area contributed by atoms with Gasteiger partial charge in [-0.15, -0.1) is 0 Å². The van der Waals surface area contributed by atoms with E-state index in [0.29, 0.717) is 11.1 Å². The number of pyridine rings is 2. The van der Waals surface area contributed by atoms with E-state index in [1.54, 1.807) is 6.07 Å². The minimum Gasteiger partial charge on any atom is -0.394 e. The number of H-pyrrole nitrogens is 2. The molecule has 3 rings (SSSR count). The Morgan fingerprint density at radius 3 is 2.54 bits per heavy atom. The lowest BCUT2D eigenvalue weighted by molar-refractivity contribution is 0.628. The van der Waals surface area contributed by atoms with Crippen molar-refractivity contribution in [2.45, 2.75) is 0 Å². The molecule has 0 aliphatic carbocycles. The van der Waals surface area contributed by atoms with Gasteiger partial charge in [0, 0.05) is 29.0 Å². The topological polar surface area (TPSA) is 96.1 Å². The van der Waals surface area contributed by atoms with Crippen molar-refractivity contribution in [3.8, 4) is 22.4 Å². The fourth-order valence-corrected chi connectivity index (χ4v) is 2.42. The summed E-state index contributed by atoms with van der Waals surface area (Å²) < 4.78 is 13.6. The van der Waals surface area contributed by atoms with Gasteiger partial charge in [0.15, 0.2) is 5.43 Å². The van der Waals surface area contributed by atoms with E-state index in [9.17, 15) is 14.0 Å². The molecule has 0 saturated heterocycles. The first kappa shape index (κ1) is 15.2. The number of hydrogen-bond acceptors (Lipinski definition) is 3. The molecule has 2 heterocycles. The van der Waals surface area contributed by atoms with Gasteiger partial charge in [-0.2, -0.15) is 0 Å². The number of benzene rings is 1. The molecule has 0 radical (unpaired) electrons. The van der Waals surface area contributed by atoms with Gasteiger partial charge < -0.3 is 20.5 Å². The molecular weight excluding hydrogens is 311 g/mol. The predicted molar refractivity (Wildman–Crippen MR) is 89.2 cm³/mol. The first-order valence-corrected chi connectivity index (χ1v) is 6.89. The lowest BCUT2D eigenvalue weighted by atomic mass is 9.99. The molecule has 0 bridgehead atoms. The Morgan fingerprint density at radius 1 is 1.12 bits per heavy atom. The summed E-state index contributed by atoms with van der Waals surface area (Å²) >= 11 is 0. The molecule has 0 spiro atoms. The molecule has 0 unspecified atom stereocenters. The zero-order chi connectivity index (χ0) is 17.3. The molecular formula is C17H11FN4O2. The van der Waals surface area contributed by atoms with Crippen LogP contribution in [0.2, 0.25) is 0 Å². The molecule has 0 saturated carbocycles. The van der Waals surface area contributed by atoms with Crippen LogP contribution in [0.3, 0.4) is 0 Å². The molecule has 0 aliphatic heterocycles. The first-order chi connectivity index (χ1) is 11.5. The Bertz CT molecular complexity index is 1070. The zero-order valence-electron chi connectivity index (χ0n) is 12.3. The summed E-state index contributed by atoms with van der Waals surface area (Å²) in [7, 11) is 0. The molecule has 0 atom stereocenters. The number of aromatic nitrogens is 2. The van der Waals surface area contributed by atoms with Crippen LogP contribution < -0.4 is 16.7 Å². The fourth-order valence-electron chi connectivity index (χ4n) is 2.42. The van der Waals surface area contributed by atoms with Crippen molar-refractivity contribution < 1.29 is 4.39 Å². The van der Waals surface area contributed by atoms with Crippen LogP contribution in [0, 0.1) is 12.4 Å². The summed E-state index contributed by atoms with van der Waals surface area (Å²) in [6.07, 6.45) is 1.36. The normalized spacial score (nSPS) is 10.3. The number of nitrogens with two attached hydrogens (primary N) is 1. The molecule has 3 aromatic rings. The summed E-state index contributed by atoms with van der Waals surface area (Å²) in [4.78, 5) is 32.4. The van der Waals surface area contributed by atoms with Crippen molar-refractivity contribution >= 4 is 11.5 Å². The Balaban J connectivity index is 2.41.